The van der Waals surface area contributed by atoms with E-state index in [1.165, 1.54) is 4.31 Å². The number of amides is 3. The standard InChI is InChI=1S/C19H28N4O4S/c1-14(2)15-3-7-17(8-4-15)28(26,27)23-11-9-22(10-12-23)13-18(24)21-19(25)20-16-5-6-16/h3-4,7-8,14,16H,5-6,9-13H2,1-2H3,(H2,20,21,24,25). The fourth-order valence-corrected chi connectivity index (χ4v) is 4.54. The van der Waals surface area contributed by atoms with Crippen molar-refractivity contribution in [3.8, 4) is 0 Å². The van der Waals surface area contributed by atoms with Gasteiger partial charge in [0, 0.05) is 32.2 Å². The van der Waals surface area contributed by atoms with Crippen LogP contribution in [0.25, 0.3) is 0 Å². The molecule has 28 heavy (non-hydrogen) atoms. The average Bonchev–Trinajstić information content (AvgIpc) is 3.45. The van der Waals surface area contributed by atoms with Gasteiger partial charge in [-0.25, -0.2) is 13.2 Å². The molecule has 2 fully saturated rings. The molecule has 1 saturated heterocycles. The molecule has 1 aromatic rings. The van der Waals surface area contributed by atoms with Gasteiger partial charge >= 0.3 is 6.03 Å². The van der Waals surface area contributed by atoms with E-state index in [-0.39, 0.29) is 18.5 Å². The molecule has 9 heteroatoms. The minimum atomic E-state index is -3.54. The van der Waals surface area contributed by atoms with Crippen LogP contribution in [0.4, 0.5) is 4.79 Å². The maximum atomic E-state index is 12.8. The van der Waals surface area contributed by atoms with Gasteiger partial charge in [0.1, 0.15) is 0 Å². The van der Waals surface area contributed by atoms with Crippen molar-refractivity contribution < 1.29 is 18.0 Å². The van der Waals surface area contributed by atoms with Gasteiger partial charge < -0.3 is 5.32 Å². The Morgan fingerprint density at radius 3 is 2.21 bits per heavy atom. The van der Waals surface area contributed by atoms with Crippen molar-refractivity contribution in [3.63, 3.8) is 0 Å². The van der Waals surface area contributed by atoms with Crippen LogP contribution in [0.5, 0.6) is 0 Å². The van der Waals surface area contributed by atoms with Crippen molar-refractivity contribution in [2.75, 3.05) is 32.7 Å². The van der Waals surface area contributed by atoms with Gasteiger partial charge in [-0.1, -0.05) is 26.0 Å². The first kappa shape index (κ1) is 20.8. The highest BCUT2D eigenvalue weighted by Crippen LogP contribution is 2.21. The van der Waals surface area contributed by atoms with Gasteiger partial charge in [0.05, 0.1) is 11.4 Å². The molecule has 0 atom stereocenters. The molecule has 3 rings (SSSR count). The van der Waals surface area contributed by atoms with Gasteiger partial charge in [-0.05, 0) is 36.5 Å². The number of piperazine rings is 1. The number of nitrogens with one attached hydrogen (secondary N) is 2. The lowest BCUT2D eigenvalue weighted by molar-refractivity contribution is -0.121. The monoisotopic (exact) mass is 408 g/mol. The molecule has 0 bridgehead atoms. The lowest BCUT2D eigenvalue weighted by Crippen LogP contribution is -2.52. The summed E-state index contributed by atoms with van der Waals surface area (Å²) in [5.74, 6) is -0.0310. The van der Waals surface area contributed by atoms with Gasteiger partial charge in [-0.2, -0.15) is 4.31 Å². The van der Waals surface area contributed by atoms with Gasteiger partial charge in [-0.15, -0.1) is 0 Å². The Balaban J connectivity index is 1.49. The van der Waals surface area contributed by atoms with E-state index >= 15 is 0 Å². The fraction of sp³-hybridized carbons (Fsp3) is 0.579. The second kappa shape index (κ2) is 8.59. The van der Waals surface area contributed by atoms with Crippen molar-refractivity contribution in [2.24, 2.45) is 0 Å². The van der Waals surface area contributed by atoms with E-state index < -0.39 is 16.1 Å². The predicted molar refractivity (Wildman–Crippen MR) is 105 cm³/mol. The summed E-state index contributed by atoms with van der Waals surface area (Å²) in [5, 5.41) is 5.02. The first-order valence-electron chi connectivity index (χ1n) is 9.68. The Hall–Kier alpha value is -1.97. The topological polar surface area (TPSA) is 98.8 Å². The number of hydrogen-bond acceptors (Lipinski definition) is 5. The summed E-state index contributed by atoms with van der Waals surface area (Å²) in [6.07, 6.45) is 1.91. The smallest absolute Gasteiger partial charge is 0.321 e. The third-order valence-corrected chi connectivity index (χ3v) is 6.96. The number of imide groups is 1. The van der Waals surface area contributed by atoms with Crippen LogP contribution in [0.2, 0.25) is 0 Å². The van der Waals surface area contributed by atoms with E-state index in [1.807, 2.05) is 17.0 Å². The number of hydrogen-bond donors (Lipinski definition) is 2. The summed E-state index contributed by atoms with van der Waals surface area (Å²) in [6.45, 7) is 5.73. The molecule has 1 aliphatic heterocycles. The second-order valence-electron chi connectivity index (χ2n) is 7.70. The van der Waals surface area contributed by atoms with Crippen LogP contribution in [0.1, 0.15) is 38.2 Å². The molecule has 1 heterocycles. The van der Waals surface area contributed by atoms with Gasteiger partial charge in [0.15, 0.2) is 0 Å². The van der Waals surface area contributed by atoms with E-state index in [0.717, 1.165) is 18.4 Å². The Morgan fingerprint density at radius 2 is 1.68 bits per heavy atom. The zero-order valence-corrected chi connectivity index (χ0v) is 17.2. The molecule has 1 saturated carbocycles. The summed E-state index contributed by atoms with van der Waals surface area (Å²) in [4.78, 5) is 25.7. The van der Waals surface area contributed by atoms with Crippen LogP contribution in [-0.2, 0) is 14.8 Å². The largest absolute Gasteiger partial charge is 0.335 e. The van der Waals surface area contributed by atoms with Crippen LogP contribution in [-0.4, -0.2) is 68.3 Å². The van der Waals surface area contributed by atoms with Crippen molar-refractivity contribution in [3.05, 3.63) is 29.8 Å². The molecule has 0 radical (unpaired) electrons. The zero-order chi connectivity index (χ0) is 20.3. The Kier molecular flexibility index (Phi) is 6.36. The molecule has 154 valence electrons. The highest BCUT2D eigenvalue weighted by atomic mass is 32.2. The number of nitrogens with zero attached hydrogens (tertiary/aromatic N) is 2. The molecule has 2 aliphatic rings. The number of benzene rings is 1. The molecule has 1 aliphatic carbocycles. The summed E-state index contributed by atoms with van der Waals surface area (Å²) in [6, 6.07) is 6.75. The van der Waals surface area contributed by atoms with E-state index in [9.17, 15) is 18.0 Å². The van der Waals surface area contributed by atoms with Crippen molar-refractivity contribution in [1.29, 1.82) is 0 Å². The third-order valence-electron chi connectivity index (χ3n) is 5.05. The summed E-state index contributed by atoms with van der Waals surface area (Å²) in [5.41, 5.74) is 1.10. The number of carbonyl (C=O) groups is 2. The maximum absolute atomic E-state index is 12.8. The lowest BCUT2D eigenvalue weighted by Gasteiger charge is -2.33. The quantitative estimate of drug-likeness (QED) is 0.735. The van der Waals surface area contributed by atoms with Crippen LogP contribution in [0.15, 0.2) is 29.2 Å². The summed E-state index contributed by atoms with van der Waals surface area (Å²) >= 11 is 0. The zero-order valence-electron chi connectivity index (χ0n) is 16.3. The molecular formula is C19H28N4O4S. The van der Waals surface area contributed by atoms with Crippen molar-refractivity contribution >= 4 is 22.0 Å². The van der Waals surface area contributed by atoms with Crippen LogP contribution in [0, 0.1) is 0 Å². The first-order chi connectivity index (χ1) is 13.3. The third kappa shape index (κ3) is 5.30. The van der Waals surface area contributed by atoms with Crippen molar-refractivity contribution in [2.45, 2.75) is 43.5 Å². The lowest BCUT2D eigenvalue weighted by atomic mass is 10.0. The van der Waals surface area contributed by atoms with Crippen LogP contribution in [0.3, 0.4) is 0 Å². The molecular weight excluding hydrogens is 380 g/mol. The minimum absolute atomic E-state index is 0.0784. The molecule has 2 N–H and O–H groups in total. The maximum Gasteiger partial charge on any atom is 0.321 e. The van der Waals surface area contributed by atoms with E-state index in [0.29, 0.717) is 37.0 Å². The molecule has 0 spiro atoms. The van der Waals surface area contributed by atoms with Crippen LogP contribution >= 0.6 is 0 Å². The Morgan fingerprint density at radius 1 is 1.07 bits per heavy atom. The first-order valence-corrected chi connectivity index (χ1v) is 11.1. The molecule has 8 nitrogen and oxygen atoms in total. The number of rotatable bonds is 6. The summed E-state index contributed by atoms with van der Waals surface area (Å²) in [7, 11) is -3.54. The highest BCUT2D eigenvalue weighted by Gasteiger charge is 2.29. The molecule has 3 amide bonds. The van der Waals surface area contributed by atoms with Crippen molar-refractivity contribution in [1.82, 2.24) is 19.8 Å². The Labute approximate surface area is 166 Å². The molecule has 1 aromatic carbocycles. The SMILES string of the molecule is CC(C)c1ccc(S(=O)(=O)N2CCN(CC(=O)NC(=O)NC3CC3)CC2)cc1. The highest BCUT2D eigenvalue weighted by molar-refractivity contribution is 7.89. The van der Waals surface area contributed by atoms with E-state index in [1.54, 1.807) is 12.1 Å². The van der Waals surface area contributed by atoms with Crippen LogP contribution < -0.4 is 10.6 Å². The fourth-order valence-electron chi connectivity index (χ4n) is 3.12. The predicted octanol–water partition coefficient (Wildman–Crippen LogP) is 1.10. The molecule has 0 unspecified atom stereocenters. The molecule has 0 aromatic heterocycles. The Bertz CT molecular complexity index is 811. The number of sulfonamides is 1. The second-order valence-corrected chi connectivity index (χ2v) is 9.64. The summed E-state index contributed by atoms with van der Waals surface area (Å²) < 4.78 is 27.1. The van der Waals surface area contributed by atoms with E-state index in [4.69, 9.17) is 0 Å². The van der Waals surface area contributed by atoms with E-state index in [2.05, 4.69) is 24.5 Å². The minimum Gasteiger partial charge on any atom is -0.335 e. The number of urea groups is 1. The van der Waals surface area contributed by atoms with Gasteiger partial charge in [-0.3, -0.25) is 15.0 Å². The normalized spacial score (nSPS) is 18.8. The van der Waals surface area contributed by atoms with Gasteiger partial charge in [0.2, 0.25) is 15.9 Å². The van der Waals surface area contributed by atoms with Gasteiger partial charge in [0.25, 0.3) is 0 Å². The number of carbonyl (C=O) groups excluding carboxylic acids is 2. The average molecular weight is 409 g/mol.